The Bertz CT molecular complexity index is 1700. The number of hydrogen-bond donors (Lipinski definition) is 5. The van der Waals surface area contributed by atoms with Crippen LogP contribution in [0.1, 0.15) is 119 Å². The molecule has 1 aliphatic carbocycles. The number of hydrogen-bond acceptors (Lipinski definition) is 13. The minimum absolute atomic E-state index is 0.0102. The van der Waals surface area contributed by atoms with Crippen LogP contribution in [0.25, 0.3) is 0 Å². The van der Waals surface area contributed by atoms with E-state index in [2.05, 4.69) is 0 Å². The van der Waals surface area contributed by atoms with Gasteiger partial charge in [0.05, 0.1) is 24.4 Å². The number of aliphatic hydroxyl groups is 5. The quantitative estimate of drug-likeness (QED) is 0.150. The van der Waals surface area contributed by atoms with E-state index in [1.165, 1.54) is 7.11 Å². The largest absolute Gasteiger partial charge is 0.460 e. The van der Waals surface area contributed by atoms with Gasteiger partial charge in [-0.05, 0) is 101 Å². The number of nitrogens with zero attached hydrogens (tertiary/aromatic N) is 1. The summed E-state index contributed by atoms with van der Waals surface area (Å²) < 4.78 is 17.6. The highest BCUT2D eigenvalue weighted by atomic mass is 16.6. The zero-order valence-corrected chi connectivity index (χ0v) is 38.0. The van der Waals surface area contributed by atoms with Crippen LogP contribution in [0.4, 0.5) is 0 Å². The number of Topliss-reactive ketones (excluding diaryl/α,β-unsaturated/α-hetero) is 3. The molecule has 0 aromatic heterocycles. The van der Waals surface area contributed by atoms with E-state index in [0.717, 1.165) is 4.90 Å². The maximum absolute atomic E-state index is 14.1. The normalized spacial score (nSPS) is 41.6. The summed E-state index contributed by atoms with van der Waals surface area (Å²) in [5.74, 6) is -8.58. The second-order valence-electron chi connectivity index (χ2n) is 18.8. The van der Waals surface area contributed by atoms with E-state index in [1.807, 2.05) is 26.0 Å². The highest BCUT2D eigenvalue weighted by Gasteiger charge is 2.53. The first-order chi connectivity index (χ1) is 29.2. The van der Waals surface area contributed by atoms with E-state index in [-0.39, 0.29) is 49.2 Å². The van der Waals surface area contributed by atoms with Crippen LogP contribution in [0, 0.1) is 35.5 Å². The van der Waals surface area contributed by atoms with Crippen molar-refractivity contribution in [1.29, 1.82) is 0 Å². The Labute approximate surface area is 367 Å². The zero-order valence-electron chi connectivity index (χ0n) is 38.0. The lowest BCUT2D eigenvalue weighted by molar-refractivity contribution is -0.265. The molecule has 3 fully saturated rings. The molecule has 2 bridgehead atoms. The number of fused-ring (bicyclic) bond motifs is 3. The van der Waals surface area contributed by atoms with E-state index in [4.69, 9.17) is 14.2 Å². The topological polar surface area (TPSA) is 217 Å². The number of carbonyl (C=O) groups is 5. The Morgan fingerprint density at radius 3 is 2.26 bits per heavy atom. The van der Waals surface area contributed by atoms with Crippen LogP contribution in [0.15, 0.2) is 47.6 Å². The summed E-state index contributed by atoms with van der Waals surface area (Å²) in [5, 5.41) is 54.7. The number of esters is 1. The van der Waals surface area contributed by atoms with Gasteiger partial charge in [-0.2, -0.15) is 0 Å². The van der Waals surface area contributed by atoms with Crippen LogP contribution < -0.4 is 0 Å². The molecular formula is C48H73NO13. The van der Waals surface area contributed by atoms with Crippen molar-refractivity contribution in [2.24, 2.45) is 35.5 Å². The van der Waals surface area contributed by atoms with Gasteiger partial charge in [0.1, 0.15) is 30.1 Å². The Kier molecular flexibility index (Phi) is 19.0. The predicted molar refractivity (Wildman–Crippen MR) is 231 cm³/mol. The molecule has 4 aliphatic rings. The second kappa shape index (κ2) is 23.0. The summed E-state index contributed by atoms with van der Waals surface area (Å²) in [6.45, 7) is 12.3. The van der Waals surface area contributed by atoms with Gasteiger partial charge in [0.2, 0.25) is 5.79 Å². The number of ether oxygens (including phenoxy) is 3. The van der Waals surface area contributed by atoms with Gasteiger partial charge in [-0.25, -0.2) is 4.79 Å². The molecule has 5 N–H and O–H groups in total. The molecule has 1 saturated carbocycles. The van der Waals surface area contributed by atoms with Crippen molar-refractivity contribution in [3.8, 4) is 0 Å². The summed E-state index contributed by atoms with van der Waals surface area (Å²) >= 11 is 0. The molecule has 3 heterocycles. The molecule has 14 nitrogen and oxygen atoms in total. The molecule has 1 amide bonds. The number of carbonyl (C=O) groups excluding carboxylic acids is 5. The minimum Gasteiger partial charge on any atom is -0.460 e. The fraction of sp³-hybridized carbons (Fsp3) is 0.729. The third kappa shape index (κ3) is 13.1. The van der Waals surface area contributed by atoms with Crippen LogP contribution in [0.3, 0.4) is 0 Å². The summed E-state index contributed by atoms with van der Waals surface area (Å²) in [4.78, 5) is 70.7. The number of methoxy groups -OCH3 is 1. The van der Waals surface area contributed by atoms with Crippen molar-refractivity contribution < 1.29 is 63.7 Å². The summed E-state index contributed by atoms with van der Waals surface area (Å²) in [7, 11) is 1.36. The van der Waals surface area contributed by atoms with Crippen molar-refractivity contribution in [3.05, 3.63) is 47.6 Å². The van der Waals surface area contributed by atoms with Crippen molar-refractivity contribution in [2.45, 2.75) is 174 Å². The zero-order chi connectivity index (χ0) is 46.1. The van der Waals surface area contributed by atoms with Crippen molar-refractivity contribution in [3.63, 3.8) is 0 Å². The van der Waals surface area contributed by atoms with Gasteiger partial charge >= 0.3 is 5.97 Å². The maximum atomic E-state index is 14.1. The lowest BCUT2D eigenvalue weighted by atomic mass is 9.78. The average molecular weight is 872 g/mol. The molecule has 1 unspecified atom stereocenters. The monoisotopic (exact) mass is 872 g/mol. The van der Waals surface area contributed by atoms with Crippen LogP contribution in [-0.4, -0.2) is 128 Å². The number of ketones is 3. The first kappa shape index (κ1) is 51.3. The first-order valence-corrected chi connectivity index (χ1v) is 22.7. The van der Waals surface area contributed by atoms with E-state index in [9.17, 15) is 49.5 Å². The lowest BCUT2D eigenvalue weighted by Crippen LogP contribution is -2.59. The Balaban J connectivity index is 1.67. The molecule has 15 atom stereocenters. The molecule has 0 radical (unpaired) electrons. The minimum atomic E-state index is -2.49. The molecule has 0 spiro atoms. The van der Waals surface area contributed by atoms with Gasteiger partial charge in [-0.15, -0.1) is 0 Å². The third-order valence-corrected chi connectivity index (χ3v) is 13.7. The Morgan fingerprint density at radius 2 is 1.58 bits per heavy atom. The highest BCUT2D eigenvalue weighted by molar-refractivity contribution is 6.39. The molecular weight excluding hydrogens is 799 g/mol. The van der Waals surface area contributed by atoms with Gasteiger partial charge in [-0.3, -0.25) is 19.2 Å². The number of amides is 1. The number of aliphatic hydroxyl groups excluding tert-OH is 4. The SMILES string of the molecule is CO[C@H]1C(=O)[C@H](C)C[C@H](C)/C=C/C=C/C=C(\C)[C@@H](O)C[C@@H]2CC[C@@H](C)[C@@](O)(O2)C(=O)C(=O)N2CCCC2C(=O)O[C@H]([C@H](C)C[C@@H]2CC[C@@H](O)[C@H](O)C2)CC(=O)[C@H](C)/C=C(\C)[C@H]1O. The molecule has 62 heavy (non-hydrogen) atoms. The van der Waals surface area contributed by atoms with Gasteiger partial charge < -0.3 is 44.6 Å². The standard InChI is InChI=1S/C48H73NO13/c1-27-13-10-9-11-14-28(2)38(51)25-35-18-16-33(7)48(59,62-35)45(56)46(57)49-20-12-15-36(49)47(58)61-41(30(4)23-34-17-19-37(50)40(53)24-34)26-39(52)29(3)22-32(6)43(55)44(60-8)42(54)31(5)21-27/h9-11,13-14,22,27,29-31,33-38,40-41,43-44,50-51,53,55,59H,12,15-21,23-26H2,1-8H3/b11-9+,13-10+,28-14+,32-22+/t27-,29-,30-,31-,33-,34+,35+,36?,37-,38+,40-,41+,43-,44+,48-/m1/s1. The van der Waals surface area contributed by atoms with E-state index in [1.54, 1.807) is 58.9 Å². The van der Waals surface area contributed by atoms with Crippen LogP contribution in [0.5, 0.6) is 0 Å². The molecule has 348 valence electrons. The van der Waals surface area contributed by atoms with Crippen molar-refractivity contribution >= 4 is 29.2 Å². The summed E-state index contributed by atoms with van der Waals surface area (Å²) in [6, 6.07) is -1.17. The second-order valence-corrected chi connectivity index (χ2v) is 18.8. The van der Waals surface area contributed by atoms with Crippen LogP contribution in [-0.2, 0) is 38.2 Å². The van der Waals surface area contributed by atoms with Crippen LogP contribution >= 0.6 is 0 Å². The van der Waals surface area contributed by atoms with E-state index in [0.29, 0.717) is 62.5 Å². The number of cyclic esters (lactones) is 1. The van der Waals surface area contributed by atoms with Gasteiger partial charge in [0.25, 0.3) is 11.7 Å². The molecule has 2 saturated heterocycles. The van der Waals surface area contributed by atoms with Crippen molar-refractivity contribution in [2.75, 3.05) is 13.7 Å². The number of allylic oxidation sites excluding steroid dienone is 6. The average Bonchev–Trinajstić information content (AvgIpc) is 3.72. The summed E-state index contributed by atoms with van der Waals surface area (Å²) in [5.41, 5.74) is 0.976. The van der Waals surface area contributed by atoms with Gasteiger partial charge in [-0.1, -0.05) is 71.1 Å². The molecule has 0 aromatic rings. The smallest absolute Gasteiger partial charge is 0.329 e. The molecule has 14 heteroatoms. The molecule has 3 aliphatic heterocycles. The lowest BCUT2D eigenvalue weighted by Gasteiger charge is -2.41. The Hall–Kier alpha value is -3.37. The molecule has 4 rings (SSSR count). The Morgan fingerprint density at radius 1 is 0.871 bits per heavy atom. The maximum Gasteiger partial charge on any atom is 0.329 e. The predicted octanol–water partition coefficient (Wildman–Crippen LogP) is 4.48. The third-order valence-electron chi connectivity index (χ3n) is 13.7. The first-order valence-electron chi connectivity index (χ1n) is 22.7. The van der Waals surface area contributed by atoms with Crippen LogP contribution in [0.2, 0.25) is 0 Å². The summed E-state index contributed by atoms with van der Waals surface area (Å²) in [6.07, 6.45) is 7.28. The van der Waals surface area contributed by atoms with Crippen molar-refractivity contribution in [1.82, 2.24) is 4.90 Å². The fourth-order valence-electron chi connectivity index (χ4n) is 9.45. The fourth-order valence-corrected chi connectivity index (χ4v) is 9.45. The van der Waals surface area contributed by atoms with Gasteiger partial charge in [0, 0.05) is 44.2 Å². The highest BCUT2D eigenvalue weighted by Crippen LogP contribution is 2.37. The van der Waals surface area contributed by atoms with E-state index >= 15 is 0 Å². The number of rotatable bonds is 4. The van der Waals surface area contributed by atoms with E-state index < -0.39 is 95.9 Å². The molecule has 0 aromatic carbocycles. The van der Waals surface area contributed by atoms with Gasteiger partial charge in [0.15, 0.2) is 5.78 Å².